The van der Waals surface area contributed by atoms with Crippen molar-refractivity contribution in [2.45, 2.75) is 6.42 Å². The van der Waals surface area contributed by atoms with E-state index < -0.39 is 0 Å². The number of ether oxygens (including phenoxy) is 1. The Bertz CT molecular complexity index is 400. The van der Waals surface area contributed by atoms with Crippen LogP contribution in [-0.4, -0.2) is 37.6 Å². The topological polar surface area (TPSA) is 55.6 Å². The third-order valence-electron chi connectivity index (χ3n) is 3.13. The van der Waals surface area contributed by atoms with E-state index in [2.05, 4.69) is 0 Å². The Kier molecular flexibility index (Phi) is 3.64. The van der Waals surface area contributed by atoms with Crippen molar-refractivity contribution >= 4 is 5.91 Å². The van der Waals surface area contributed by atoms with Gasteiger partial charge in [-0.2, -0.15) is 0 Å². The lowest BCUT2D eigenvalue weighted by atomic mass is 9.99. The molecule has 92 valence electrons. The molecule has 1 saturated heterocycles. The monoisotopic (exact) mass is 234 g/mol. The molecule has 1 heterocycles. The lowest BCUT2D eigenvalue weighted by molar-refractivity contribution is -0.136. The van der Waals surface area contributed by atoms with E-state index in [1.165, 1.54) is 0 Å². The zero-order valence-corrected chi connectivity index (χ0v) is 10.1. The summed E-state index contributed by atoms with van der Waals surface area (Å²) in [6, 6.07) is 7.63. The highest BCUT2D eigenvalue weighted by molar-refractivity contribution is 5.79. The van der Waals surface area contributed by atoms with E-state index in [-0.39, 0.29) is 5.91 Å². The molecule has 0 spiro atoms. The van der Waals surface area contributed by atoms with Crippen LogP contribution in [0.25, 0.3) is 0 Å². The van der Waals surface area contributed by atoms with E-state index in [0.717, 1.165) is 24.4 Å². The average Bonchev–Trinajstić information content (AvgIpc) is 2.28. The minimum Gasteiger partial charge on any atom is -0.497 e. The Labute approximate surface area is 101 Å². The summed E-state index contributed by atoms with van der Waals surface area (Å²) in [4.78, 5) is 13.8. The largest absolute Gasteiger partial charge is 0.497 e. The molecule has 0 unspecified atom stereocenters. The van der Waals surface area contributed by atoms with Crippen LogP contribution in [0.5, 0.6) is 5.75 Å². The van der Waals surface area contributed by atoms with Crippen LogP contribution in [0.4, 0.5) is 0 Å². The van der Waals surface area contributed by atoms with Crippen molar-refractivity contribution in [2.75, 3.05) is 26.7 Å². The van der Waals surface area contributed by atoms with Gasteiger partial charge in [-0.1, -0.05) is 12.1 Å². The Morgan fingerprint density at radius 3 is 2.94 bits per heavy atom. The number of likely N-dealkylation sites (tertiary alicyclic amines) is 1. The van der Waals surface area contributed by atoms with Crippen LogP contribution in [0, 0.1) is 5.92 Å². The first-order valence-electron chi connectivity index (χ1n) is 5.83. The normalized spacial score (nSPS) is 15.5. The molecule has 2 rings (SSSR count). The van der Waals surface area contributed by atoms with Gasteiger partial charge in [0.05, 0.1) is 13.5 Å². The number of amides is 1. The van der Waals surface area contributed by atoms with Crippen LogP contribution in [-0.2, 0) is 11.2 Å². The molecule has 17 heavy (non-hydrogen) atoms. The highest BCUT2D eigenvalue weighted by atomic mass is 16.5. The lowest BCUT2D eigenvalue weighted by Crippen LogP contribution is -2.53. The fourth-order valence-electron chi connectivity index (χ4n) is 1.99. The molecular weight excluding hydrogens is 216 g/mol. The third-order valence-corrected chi connectivity index (χ3v) is 3.13. The summed E-state index contributed by atoms with van der Waals surface area (Å²) in [6.45, 7) is 2.28. The van der Waals surface area contributed by atoms with Gasteiger partial charge in [-0.25, -0.2) is 0 Å². The van der Waals surface area contributed by atoms with Crippen LogP contribution >= 0.6 is 0 Å². The average molecular weight is 234 g/mol. The van der Waals surface area contributed by atoms with Crippen molar-refractivity contribution in [1.29, 1.82) is 0 Å². The SMILES string of the molecule is COc1cccc(CC(=O)N2CC(CN)C2)c1. The summed E-state index contributed by atoms with van der Waals surface area (Å²) in [5.41, 5.74) is 6.52. The van der Waals surface area contributed by atoms with Gasteiger partial charge in [0, 0.05) is 19.0 Å². The number of hydrogen-bond acceptors (Lipinski definition) is 3. The van der Waals surface area contributed by atoms with Gasteiger partial charge in [0.15, 0.2) is 0 Å². The number of carbonyl (C=O) groups excluding carboxylic acids is 1. The number of benzene rings is 1. The smallest absolute Gasteiger partial charge is 0.227 e. The predicted molar refractivity (Wildman–Crippen MR) is 65.8 cm³/mol. The second-order valence-corrected chi connectivity index (χ2v) is 4.43. The van der Waals surface area contributed by atoms with Crippen molar-refractivity contribution in [3.8, 4) is 5.75 Å². The molecule has 0 radical (unpaired) electrons. The molecule has 0 atom stereocenters. The zero-order valence-electron chi connectivity index (χ0n) is 10.1. The molecule has 1 fully saturated rings. The number of rotatable bonds is 4. The molecule has 1 amide bonds. The maximum atomic E-state index is 11.9. The standard InChI is InChI=1S/C13H18N2O2/c1-17-12-4-2-3-10(5-12)6-13(16)15-8-11(7-14)9-15/h2-5,11H,6-9,14H2,1H3. The maximum absolute atomic E-state index is 11.9. The second-order valence-electron chi connectivity index (χ2n) is 4.43. The molecular formula is C13H18N2O2. The molecule has 1 aliphatic heterocycles. The number of hydrogen-bond donors (Lipinski definition) is 1. The van der Waals surface area contributed by atoms with Crippen LogP contribution in [0.15, 0.2) is 24.3 Å². The summed E-state index contributed by atoms with van der Waals surface area (Å²) < 4.78 is 5.13. The fraction of sp³-hybridized carbons (Fsp3) is 0.462. The van der Waals surface area contributed by atoms with E-state index in [1.807, 2.05) is 29.2 Å². The number of carbonyl (C=O) groups is 1. The second kappa shape index (κ2) is 5.19. The predicted octanol–water partition coefficient (Wildman–Crippen LogP) is 0.655. The highest BCUT2D eigenvalue weighted by Crippen LogP contribution is 2.18. The van der Waals surface area contributed by atoms with Crippen molar-refractivity contribution in [1.82, 2.24) is 4.90 Å². The number of nitrogens with two attached hydrogens (primary N) is 1. The Morgan fingerprint density at radius 1 is 1.53 bits per heavy atom. The first-order chi connectivity index (χ1) is 8.22. The van der Waals surface area contributed by atoms with Crippen LogP contribution < -0.4 is 10.5 Å². The van der Waals surface area contributed by atoms with Crippen LogP contribution in [0.2, 0.25) is 0 Å². The van der Waals surface area contributed by atoms with Gasteiger partial charge in [-0.05, 0) is 24.2 Å². The molecule has 1 aromatic carbocycles. The van der Waals surface area contributed by atoms with Gasteiger partial charge < -0.3 is 15.4 Å². The Morgan fingerprint density at radius 2 is 2.29 bits per heavy atom. The van der Waals surface area contributed by atoms with E-state index in [0.29, 0.717) is 18.9 Å². The molecule has 2 N–H and O–H groups in total. The Hall–Kier alpha value is -1.55. The molecule has 0 saturated carbocycles. The van der Waals surface area contributed by atoms with Gasteiger partial charge in [0.2, 0.25) is 5.91 Å². The number of nitrogens with zero attached hydrogens (tertiary/aromatic N) is 1. The maximum Gasteiger partial charge on any atom is 0.227 e. The first-order valence-corrected chi connectivity index (χ1v) is 5.83. The van der Waals surface area contributed by atoms with Crippen LogP contribution in [0.1, 0.15) is 5.56 Å². The van der Waals surface area contributed by atoms with Crippen molar-refractivity contribution in [3.05, 3.63) is 29.8 Å². The van der Waals surface area contributed by atoms with Crippen molar-refractivity contribution in [3.63, 3.8) is 0 Å². The molecule has 0 aromatic heterocycles. The summed E-state index contributed by atoms with van der Waals surface area (Å²) in [5.74, 6) is 1.45. The quantitative estimate of drug-likeness (QED) is 0.832. The highest BCUT2D eigenvalue weighted by Gasteiger charge is 2.29. The van der Waals surface area contributed by atoms with Gasteiger partial charge in [0.1, 0.15) is 5.75 Å². The van der Waals surface area contributed by atoms with E-state index >= 15 is 0 Å². The summed E-state index contributed by atoms with van der Waals surface area (Å²) in [6.07, 6.45) is 0.439. The van der Waals surface area contributed by atoms with Crippen LogP contribution in [0.3, 0.4) is 0 Å². The lowest BCUT2D eigenvalue weighted by Gasteiger charge is -2.38. The van der Waals surface area contributed by atoms with E-state index in [9.17, 15) is 4.79 Å². The van der Waals surface area contributed by atoms with Gasteiger partial charge in [-0.15, -0.1) is 0 Å². The number of methoxy groups -OCH3 is 1. The van der Waals surface area contributed by atoms with Gasteiger partial charge in [-0.3, -0.25) is 4.79 Å². The van der Waals surface area contributed by atoms with Crippen molar-refractivity contribution in [2.24, 2.45) is 11.7 Å². The zero-order chi connectivity index (χ0) is 12.3. The molecule has 1 aromatic rings. The first kappa shape index (κ1) is 11.9. The molecule has 0 bridgehead atoms. The summed E-state index contributed by atoms with van der Waals surface area (Å²) in [5, 5.41) is 0. The fourth-order valence-corrected chi connectivity index (χ4v) is 1.99. The van der Waals surface area contributed by atoms with E-state index in [1.54, 1.807) is 7.11 Å². The van der Waals surface area contributed by atoms with Crippen molar-refractivity contribution < 1.29 is 9.53 Å². The summed E-state index contributed by atoms with van der Waals surface area (Å²) in [7, 11) is 1.63. The minimum atomic E-state index is 0.169. The van der Waals surface area contributed by atoms with E-state index in [4.69, 9.17) is 10.5 Å². The van der Waals surface area contributed by atoms with Gasteiger partial charge in [0.25, 0.3) is 0 Å². The molecule has 4 nitrogen and oxygen atoms in total. The Balaban J connectivity index is 1.90. The molecule has 1 aliphatic rings. The molecule has 4 heteroatoms. The molecule has 0 aliphatic carbocycles. The third kappa shape index (κ3) is 2.77. The summed E-state index contributed by atoms with van der Waals surface area (Å²) >= 11 is 0. The minimum absolute atomic E-state index is 0.169. The van der Waals surface area contributed by atoms with Gasteiger partial charge >= 0.3 is 0 Å².